The first kappa shape index (κ1) is 5.92. The van der Waals surface area contributed by atoms with E-state index in [2.05, 4.69) is 9.55 Å². The van der Waals surface area contributed by atoms with E-state index < -0.39 is 0 Å². The van der Waals surface area contributed by atoms with Crippen molar-refractivity contribution in [2.24, 2.45) is 12.8 Å². The molecule has 2 N–H and O–H groups in total. The van der Waals surface area contributed by atoms with Gasteiger partial charge in [-0.3, -0.25) is 0 Å². The van der Waals surface area contributed by atoms with Crippen molar-refractivity contribution in [2.75, 3.05) is 0 Å². The van der Waals surface area contributed by atoms with Gasteiger partial charge in [0.05, 0.1) is 12.0 Å². The quantitative estimate of drug-likeness (QED) is 0.561. The van der Waals surface area contributed by atoms with Crippen LogP contribution in [0, 0.1) is 0 Å². The van der Waals surface area contributed by atoms with Crippen molar-refractivity contribution < 1.29 is 0 Å². The van der Waals surface area contributed by atoms with Crippen molar-refractivity contribution >= 4 is 0 Å². The smallest absolute Gasteiger partial charge is 0.0949 e. The topological polar surface area (TPSA) is 43.8 Å². The van der Waals surface area contributed by atoms with Crippen molar-refractivity contribution in [2.45, 2.75) is 18.9 Å². The molecule has 0 radical (unpaired) electrons. The van der Waals surface area contributed by atoms with Crippen molar-refractivity contribution in [1.29, 1.82) is 0 Å². The number of aryl methyl sites for hydroxylation is 1. The third-order valence-electron chi connectivity index (χ3n) is 2.13. The minimum absolute atomic E-state index is 0.191. The van der Waals surface area contributed by atoms with Gasteiger partial charge in [0.15, 0.2) is 0 Å². The van der Waals surface area contributed by atoms with E-state index in [-0.39, 0.29) is 6.04 Å². The summed E-state index contributed by atoms with van der Waals surface area (Å²) in [5, 5.41) is 0. The molecule has 0 bridgehead atoms. The average Bonchev–Trinajstić information content (AvgIpc) is 2.41. The van der Waals surface area contributed by atoms with Crippen molar-refractivity contribution in [3.8, 4) is 0 Å². The van der Waals surface area contributed by atoms with Crippen LogP contribution in [0.4, 0.5) is 0 Å². The van der Waals surface area contributed by atoms with Crippen LogP contribution in [-0.4, -0.2) is 9.55 Å². The second-order valence-electron chi connectivity index (χ2n) is 2.83. The first-order chi connectivity index (χ1) is 4.79. The van der Waals surface area contributed by atoms with Gasteiger partial charge in [0, 0.05) is 18.8 Å². The molecule has 1 aliphatic carbocycles. The monoisotopic (exact) mass is 137 g/mol. The number of aromatic nitrogens is 2. The predicted octanol–water partition coefficient (Wildman–Crippen LogP) is 0.366. The van der Waals surface area contributed by atoms with Crippen LogP contribution >= 0.6 is 0 Å². The Morgan fingerprint density at radius 3 is 3.30 bits per heavy atom. The highest BCUT2D eigenvalue weighted by Gasteiger charge is 2.22. The van der Waals surface area contributed by atoms with E-state index in [0.717, 1.165) is 18.5 Å². The lowest BCUT2D eigenvalue weighted by Crippen LogP contribution is -2.05. The molecule has 0 aromatic carbocycles. The van der Waals surface area contributed by atoms with E-state index in [1.807, 2.05) is 13.4 Å². The van der Waals surface area contributed by atoms with Gasteiger partial charge in [0.25, 0.3) is 0 Å². The van der Waals surface area contributed by atoms with E-state index in [4.69, 9.17) is 5.73 Å². The highest BCUT2D eigenvalue weighted by atomic mass is 15.1. The Morgan fingerprint density at radius 2 is 2.60 bits per heavy atom. The van der Waals surface area contributed by atoms with Crippen LogP contribution in [0.1, 0.15) is 23.9 Å². The lowest BCUT2D eigenvalue weighted by Gasteiger charge is -1.95. The molecule has 0 unspecified atom stereocenters. The van der Waals surface area contributed by atoms with Gasteiger partial charge in [0.1, 0.15) is 0 Å². The average molecular weight is 137 g/mol. The number of fused-ring (bicyclic) bond motifs is 1. The van der Waals surface area contributed by atoms with Gasteiger partial charge in [-0.25, -0.2) is 4.98 Å². The van der Waals surface area contributed by atoms with E-state index in [1.54, 1.807) is 0 Å². The Morgan fingerprint density at radius 1 is 1.80 bits per heavy atom. The van der Waals surface area contributed by atoms with Gasteiger partial charge in [-0.05, 0) is 12.8 Å². The number of hydrogen-bond donors (Lipinski definition) is 1. The second-order valence-corrected chi connectivity index (χ2v) is 2.83. The minimum atomic E-state index is 0.191. The molecule has 0 fully saturated rings. The normalized spacial score (nSPS) is 23.2. The lowest BCUT2D eigenvalue weighted by atomic mass is 10.3. The van der Waals surface area contributed by atoms with Crippen LogP contribution < -0.4 is 5.73 Å². The summed E-state index contributed by atoms with van der Waals surface area (Å²) >= 11 is 0. The Balaban J connectivity index is 2.53. The molecule has 1 aromatic heterocycles. The summed E-state index contributed by atoms with van der Waals surface area (Å²) in [4.78, 5) is 4.22. The van der Waals surface area contributed by atoms with Gasteiger partial charge in [0.2, 0.25) is 0 Å². The number of nitrogens with zero attached hydrogens (tertiary/aromatic N) is 2. The van der Waals surface area contributed by atoms with Crippen LogP contribution in [0.3, 0.4) is 0 Å². The summed E-state index contributed by atoms with van der Waals surface area (Å²) in [6.07, 6.45) is 3.99. The molecule has 0 aliphatic heterocycles. The molecule has 3 heteroatoms. The van der Waals surface area contributed by atoms with Gasteiger partial charge in [-0.15, -0.1) is 0 Å². The standard InChI is InChI=1S/C7H11N3/c1-10-4-9-7-5(8)2-3-6(7)10/h4-5H,2-3,8H2,1H3/t5-/m1/s1. The molecule has 1 heterocycles. The van der Waals surface area contributed by atoms with E-state index >= 15 is 0 Å². The second kappa shape index (κ2) is 1.83. The summed E-state index contributed by atoms with van der Waals surface area (Å²) in [6, 6.07) is 0.191. The maximum absolute atomic E-state index is 5.78. The Bertz CT molecular complexity index is 251. The fourth-order valence-corrected chi connectivity index (χ4v) is 1.52. The highest BCUT2D eigenvalue weighted by molar-refractivity contribution is 5.22. The third kappa shape index (κ3) is 0.609. The molecule has 1 aliphatic rings. The summed E-state index contributed by atoms with van der Waals surface area (Å²) in [7, 11) is 2.02. The molecule has 10 heavy (non-hydrogen) atoms. The van der Waals surface area contributed by atoms with Crippen molar-refractivity contribution in [1.82, 2.24) is 9.55 Å². The van der Waals surface area contributed by atoms with Crippen LogP contribution in [0.5, 0.6) is 0 Å². The Kier molecular flexibility index (Phi) is 1.08. The molecule has 0 saturated heterocycles. The van der Waals surface area contributed by atoms with Gasteiger partial charge in [-0.2, -0.15) is 0 Å². The molecule has 2 rings (SSSR count). The number of imidazole rings is 1. The fraction of sp³-hybridized carbons (Fsp3) is 0.571. The molecule has 1 aromatic rings. The molecule has 0 spiro atoms. The summed E-state index contributed by atoms with van der Waals surface area (Å²) in [5.74, 6) is 0. The van der Waals surface area contributed by atoms with Crippen LogP contribution in [-0.2, 0) is 13.5 Å². The number of rotatable bonds is 0. The van der Waals surface area contributed by atoms with E-state index in [9.17, 15) is 0 Å². The van der Waals surface area contributed by atoms with Crippen LogP contribution in [0.15, 0.2) is 6.33 Å². The van der Waals surface area contributed by atoms with E-state index in [0.29, 0.717) is 0 Å². The largest absolute Gasteiger partial charge is 0.337 e. The lowest BCUT2D eigenvalue weighted by molar-refractivity contribution is 0.684. The Labute approximate surface area is 59.9 Å². The van der Waals surface area contributed by atoms with E-state index in [1.165, 1.54) is 5.69 Å². The zero-order chi connectivity index (χ0) is 7.14. The van der Waals surface area contributed by atoms with Crippen molar-refractivity contribution in [3.05, 3.63) is 17.7 Å². The molecule has 0 saturated carbocycles. The molecule has 54 valence electrons. The minimum Gasteiger partial charge on any atom is -0.337 e. The summed E-state index contributed by atoms with van der Waals surface area (Å²) < 4.78 is 2.06. The molecule has 1 atom stereocenters. The van der Waals surface area contributed by atoms with Crippen molar-refractivity contribution in [3.63, 3.8) is 0 Å². The Hall–Kier alpha value is -0.830. The molecular weight excluding hydrogens is 126 g/mol. The van der Waals surface area contributed by atoms with Crippen LogP contribution in [0.25, 0.3) is 0 Å². The van der Waals surface area contributed by atoms with Gasteiger partial charge < -0.3 is 10.3 Å². The van der Waals surface area contributed by atoms with Gasteiger partial charge in [-0.1, -0.05) is 0 Å². The first-order valence-electron chi connectivity index (χ1n) is 3.54. The molecular formula is C7H11N3. The maximum Gasteiger partial charge on any atom is 0.0949 e. The molecule has 3 nitrogen and oxygen atoms in total. The zero-order valence-corrected chi connectivity index (χ0v) is 6.04. The van der Waals surface area contributed by atoms with Crippen LogP contribution in [0.2, 0.25) is 0 Å². The maximum atomic E-state index is 5.78. The highest BCUT2D eigenvalue weighted by Crippen LogP contribution is 2.26. The van der Waals surface area contributed by atoms with Gasteiger partial charge >= 0.3 is 0 Å². The third-order valence-corrected chi connectivity index (χ3v) is 2.13. The number of nitrogens with two attached hydrogens (primary N) is 1. The predicted molar refractivity (Wildman–Crippen MR) is 38.5 cm³/mol. The summed E-state index contributed by atoms with van der Waals surface area (Å²) in [6.45, 7) is 0. The SMILES string of the molecule is Cn1cnc2c1CC[C@H]2N. The number of hydrogen-bond acceptors (Lipinski definition) is 2. The zero-order valence-electron chi connectivity index (χ0n) is 6.04. The molecule has 0 amide bonds. The fourth-order valence-electron chi connectivity index (χ4n) is 1.52. The summed E-state index contributed by atoms with van der Waals surface area (Å²) in [5.41, 5.74) is 8.20. The first-order valence-corrected chi connectivity index (χ1v) is 3.54.